The molecule has 1 saturated heterocycles. The molecule has 0 spiro atoms. The Morgan fingerprint density at radius 1 is 1.28 bits per heavy atom. The second kappa shape index (κ2) is 11.8. The molecule has 2 heterocycles. The SMILES string of the molecule is CCNC(=NCc1ccccc1S(=O)(=O)N(C)C)NC1CCN(c2ncccc2F)C1.I. The fourth-order valence-electron chi connectivity index (χ4n) is 3.44. The van der Waals surface area contributed by atoms with Crippen molar-refractivity contribution >= 4 is 45.8 Å². The van der Waals surface area contributed by atoms with Crippen LogP contribution in [0.3, 0.4) is 0 Å². The van der Waals surface area contributed by atoms with Crippen molar-refractivity contribution in [2.75, 3.05) is 38.6 Å². The van der Waals surface area contributed by atoms with E-state index >= 15 is 0 Å². The van der Waals surface area contributed by atoms with Gasteiger partial charge in [-0.25, -0.2) is 27.1 Å². The van der Waals surface area contributed by atoms with E-state index in [9.17, 15) is 12.8 Å². The summed E-state index contributed by atoms with van der Waals surface area (Å²) in [6.45, 7) is 4.13. The predicted molar refractivity (Wildman–Crippen MR) is 135 cm³/mol. The highest BCUT2D eigenvalue weighted by Crippen LogP contribution is 2.21. The van der Waals surface area contributed by atoms with Crippen molar-refractivity contribution in [3.05, 3.63) is 54.0 Å². The lowest BCUT2D eigenvalue weighted by Gasteiger charge is -2.20. The van der Waals surface area contributed by atoms with Crippen molar-refractivity contribution in [3.63, 3.8) is 0 Å². The van der Waals surface area contributed by atoms with E-state index < -0.39 is 10.0 Å². The molecule has 3 rings (SSSR count). The quantitative estimate of drug-likeness (QED) is 0.299. The molecule has 1 fully saturated rings. The maximum atomic E-state index is 14.0. The third-order valence-electron chi connectivity index (χ3n) is 5.05. The van der Waals surface area contributed by atoms with Gasteiger partial charge in [0.05, 0.1) is 11.4 Å². The summed E-state index contributed by atoms with van der Waals surface area (Å²) in [6, 6.07) is 9.93. The molecule has 11 heteroatoms. The Morgan fingerprint density at radius 2 is 2.03 bits per heavy atom. The van der Waals surface area contributed by atoms with Crippen molar-refractivity contribution in [1.82, 2.24) is 19.9 Å². The summed E-state index contributed by atoms with van der Waals surface area (Å²) in [7, 11) is -0.536. The van der Waals surface area contributed by atoms with Crippen LogP contribution in [0.15, 0.2) is 52.5 Å². The number of anilines is 1. The summed E-state index contributed by atoms with van der Waals surface area (Å²) in [5, 5.41) is 6.57. The van der Waals surface area contributed by atoms with E-state index in [1.165, 1.54) is 24.5 Å². The zero-order valence-corrected chi connectivity index (χ0v) is 21.6. The first kappa shape index (κ1) is 26.3. The van der Waals surface area contributed by atoms with Crippen LogP contribution in [-0.2, 0) is 16.6 Å². The van der Waals surface area contributed by atoms with E-state index in [1.54, 1.807) is 36.5 Å². The number of nitrogens with zero attached hydrogens (tertiary/aromatic N) is 4. The Morgan fingerprint density at radius 3 is 2.72 bits per heavy atom. The highest BCUT2D eigenvalue weighted by molar-refractivity contribution is 14.0. The number of pyridine rings is 1. The molecule has 1 unspecified atom stereocenters. The maximum absolute atomic E-state index is 14.0. The maximum Gasteiger partial charge on any atom is 0.242 e. The average molecular weight is 576 g/mol. The summed E-state index contributed by atoms with van der Waals surface area (Å²) in [6.07, 6.45) is 2.40. The van der Waals surface area contributed by atoms with Gasteiger partial charge in [-0.1, -0.05) is 18.2 Å². The average Bonchev–Trinajstić information content (AvgIpc) is 3.21. The molecule has 8 nitrogen and oxygen atoms in total. The van der Waals surface area contributed by atoms with Crippen molar-refractivity contribution in [1.29, 1.82) is 0 Å². The van der Waals surface area contributed by atoms with Gasteiger partial charge in [0.25, 0.3) is 0 Å². The number of hydrogen-bond acceptors (Lipinski definition) is 5. The number of guanidine groups is 1. The molecule has 32 heavy (non-hydrogen) atoms. The minimum Gasteiger partial charge on any atom is -0.357 e. The van der Waals surface area contributed by atoms with Gasteiger partial charge in [0, 0.05) is 46.0 Å². The Hall–Kier alpha value is -1.99. The first-order valence-electron chi connectivity index (χ1n) is 10.2. The number of sulfonamides is 1. The summed E-state index contributed by atoms with van der Waals surface area (Å²) in [4.78, 5) is 10.9. The molecule has 176 valence electrons. The fourth-order valence-corrected chi connectivity index (χ4v) is 4.55. The molecular formula is C21H30FIN6O2S. The monoisotopic (exact) mass is 576 g/mol. The summed E-state index contributed by atoms with van der Waals surface area (Å²) < 4.78 is 40.4. The van der Waals surface area contributed by atoms with Crippen molar-refractivity contribution in [2.45, 2.75) is 30.8 Å². The van der Waals surface area contributed by atoms with Crippen LogP contribution >= 0.6 is 24.0 Å². The summed E-state index contributed by atoms with van der Waals surface area (Å²) in [5.74, 6) is 0.617. The number of aromatic nitrogens is 1. The zero-order valence-electron chi connectivity index (χ0n) is 18.5. The number of hydrogen-bond donors (Lipinski definition) is 2. The van der Waals surface area contributed by atoms with E-state index in [2.05, 4.69) is 20.6 Å². The van der Waals surface area contributed by atoms with Gasteiger partial charge in [0.2, 0.25) is 10.0 Å². The number of rotatable bonds is 7. The molecule has 0 aliphatic carbocycles. The van der Waals surface area contributed by atoms with Gasteiger partial charge in [-0.3, -0.25) is 0 Å². The predicted octanol–water partition coefficient (Wildman–Crippen LogP) is 2.42. The Labute approximate surface area is 206 Å². The highest BCUT2D eigenvalue weighted by Gasteiger charge is 2.26. The first-order valence-corrected chi connectivity index (χ1v) is 11.7. The number of aliphatic imine (C=N–C) groups is 1. The topological polar surface area (TPSA) is 89.9 Å². The molecule has 1 atom stereocenters. The van der Waals surface area contributed by atoms with Gasteiger partial charge < -0.3 is 15.5 Å². The van der Waals surface area contributed by atoms with Gasteiger partial charge in [-0.15, -0.1) is 24.0 Å². The third-order valence-corrected chi connectivity index (χ3v) is 6.97. The molecule has 0 amide bonds. The minimum absolute atomic E-state index is 0. The minimum atomic E-state index is -3.56. The molecule has 1 aromatic heterocycles. The Bertz CT molecular complexity index is 1030. The van der Waals surface area contributed by atoms with Crippen LogP contribution in [0.25, 0.3) is 0 Å². The molecule has 1 aliphatic heterocycles. The van der Waals surface area contributed by atoms with Gasteiger partial charge in [0.15, 0.2) is 17.6 Å². The van der Waals surface area contributed by atoms with E-state index in [-0.39, 0.29) is 47.3 Å². The molecule has 0 saturated carbocycles. The largest absolute Gasteiger partial charge is 0.357 e. The zero-order chi connectivity index (χ0) is 22.4. The molecule has 0 radical (unpaired) electrons. The number of halogens is 2. The van der Waals surface area contributed by atoms with Crippen molar-refractivity contribution in [3.8, 4) is 0 Å². The Balaban J connectivity index is 0.00000363. The molecule has 0 bridgehead atoms. The van der Waals surface area contributed by atoms with Crippen LogP contribution in [0.4, 0.5) is 10.2 Å². The second-order valence-corrected chi connectivity index (χ2v) is 9.60. The smallest absolute Gasteiger partial charge is 0.242 e. The van der Waals surface area contributed by atoms with Gasteiger partial charge in [0.1, 0.15) is 0 Å². The van der Waals surface area contributed by atoms with Crippen molar-refractivity contribution < 1.29 is 12.8 Å². The van der Waals surface area contributed by atoms with Crippen LogP contribution in [-0.4, -0.2) is 63.4 Å². The van der Waals surface area contributed by atoms with Gasteiger partial charge in [-0.2, -0.15) is 0 Å². The highest BCUT2D eigenvalue weighted by atomic mass is 127. The first-order chi connectivity index (χ1) is 14.8. The van der Waals surface area contributed by atoms with Gasteiger partial charge in [-0.05, 0) is 37.1 Å². The van der Waals surface area contributed by atoms with Crippen LogP contribution in [0.2, 0.25) is 0 Å². The van der Waals surface area contributed by atoms with E-state index in [4.69, 9.17) is 0 Å². The van der Waals surface area contributed by atoms with E-state index in [0.29, 0.717) is 37.0 Å². The normalized spacial score (nSPS) is 16.7. The van der Waals surface area contributed by atoms with Crippen LogP contribution in [0, 0.1) is 5.82 Å². The lowest BCUT2D eigenvalue weighted by atomic mass is 10.2. The lowest BCUT2D eigenvalue weighted by Crippen LogP contribution is -2.44. The second-order valence-electron chi connectivity index (χ2n) is 7.48. The van der Waals surface area contributed by atoms with E-state index in [0.717, 1.165) is 6.42 Å². The van der Waals surface area contributed by atoms with Crippen LogP contribution < -0.4 is 15.5 Å². The lowest BCUT2D eigenvalue weighted by molar-refractivity contribution is 0.519. The molecule has 1 aliphatic rings. The fraction of sp³-hybridized carbons (Fsp3) is 0.429. The molecular weight excluding hydrogens is 546 g/mol. The summed E-state index contributed by atoms with van der Waals surface area (Å²) >= 11 is 0. The number of nitrogens with one attached hydrogen (secondary N) is 2. The summed E-state index contributed by atoms with van der Waals surface area (Å²) in [5.41, 5.74) is 0.622. The third kappa shape index (κ3) is 6.29. The van der Waals surface area contributed by atoms with Crippen LogP contribution in [0.1, 0.15) is 18.9 Å². The molecule has 2 N–H and O–H groups in total. The van der Waals surface area contributed by atoms with Gasteiger partial charge >= 0.3 is 0 Å². The molecule has 2 aromatic rings. The van der Waals surface area contributed by atoms with E-state index in [1.807, 2.05) is 11.8 Å². The van der Waals surface area contributed by atoms with Crippen molar-refractivity contribution in [2.24, 2.45) is 4.99 Å². The van der Waals surface area contributed by atoms with Crippen LogP contribution in [0.5, 0.6) is 0 Å². The number of benzene rings is 1. The molecule has 1 aromatic carbocycles. The Kier molecular flexibility index (Phi) is 9.64. The standard InChI is InChI=1S/C21H29FN6O2S.HI/c1-4-23-21(25-14-16-8-5-6-10-19(16)31(29,30)27(2)3)26-17-11-13-28(15-17)20-18(22)9-7-12-24-20;/h5-10,12,17H,4,11,13-15H2,1-3H3,(H2,23,25,26);1H.